The molecule has 2 aliphatic heterocycles. The van der Waals surface area contributed by atoms with Gasteiger partial charge in [0.15, 0.2) is 0 Å². The Bertz CT molecular complexity index is 935. The van der Waals surface area contributed by atoms with Crippen LogP contribution in [0.25, 0.3) is 0 Å². The highest BCUT2D eigenvalue weighted by Gasteiger charge is 2.31. The maximum absolute atomic E-state index is 13.0. The average molecular weight is 393 g/mol. The summed E-state index contributed by atoms with van der Waals surface area (Å²) >= 11 is 0. The van der Waals surface area contributed by atoms with Gasteiger partial charge in [-0.2, -0.15) is 0 Å². The van der Waals surface area contributed by atoms with E-state index in [2.05, 4.69) is 4.90 Å². The van der Waals surface area contributed by atoms with Crippen LogP contribution in [-0.2, 0) is 9.59 Å². The van der Waals surface area contributed by atoms with E-state index in [1.807, 2.05) is 24.3 Å². The number of anilines is 2. The third-order valence-electron chi connectivity index (χ3n) is 5.40. The van der Waals surface area contributed by atoms with Crippen LogP contribution in [0.5, 0.6) is 5.75 Å². The van der Waals surface area contributed by atoms with Crippen LogP contribution in [0.4, 0.5) is 11.4 Å². The SMILES string of the molecule is COc1ccccc1N1CCN(C(=O)c2cccc(N3C(=O)CCC3=O)c2)CC1. The van der Waals surface area contributed by atoms with Gasteiger partial charge in [0, 0.05) is 44.6 Å². The predicted molar refractivity (Wildman–Crippen MR) is 109 cm³/mol. The average Bonchev–Trinajstić information content (AvgIpc) is 3.11. The standard InChI is InChI=1S/C22H23N3O4/c1-29-19-8-3-2-7-18(19)23-11-13-24(14-12-23)22(28)16-5-4-6-17(15-16)25-20(26)9-10-21(25)27/h2-8,15H,9-14H2,1H3. The zero-order valence-electron chi connectivity index (χ0n) is 16.3. The van der Waals surface area contributed by atoms with Gasteiger partial charge in [0.05, 0.1) is 18.5 Å². The van der Waals surface area contributed by atoms with E-state index in [0.717, 1.165) is 11.4 Å². The first-order valence-corrected chi connectivity index (χ1v) is 9.71. The minimum atomic E-state index is -0.218. The summed E-state index contributed by atoms with van der Waals surface area (Å²) in [4.78, 5) is 42.2. The number of piperazine rings is 1. The van der Waals surface area contributed by atoms with E-state index in [0.29, 0.717) is 37.4 Å². The number of nitrogens with zero attached hydrogens (tertiary/aromatic N) is 3. The van der Waals surface area contributed by atoms with Crippen molar-refractivity contribution in [3.8, 4) is 5.75 Å². The van der Waals surface area contributed by atoms with Crippen LogP contribution in [0.2, 0.25) is 0 Å². The normalized spacial score (nSPS) is 17.1. The summed E-state index contributed by atoms with van der Waals surface area (Å²) in [6, 6.07) is 14.6. The molecule has 2 fully saturated rings. The number of rotatable bonds is 4. The summed E-state index contributed by atoms with van der Waals surface area (Å²) in [6.45, 7) is 2.58. The van der Waals surface area contributed by atoms with Crippen LogP contribution in [0, 0.1) is 0 Å². The van der Waals surface area contributed by atoms with Crippen LogP contribution < -0.4 is 14.5 Å². The second-order valence-corrected chi connectivity index (χ2v) is 7.12. The number of methoxy groups -OCH3 is 1. The summed E-state index contributed by atoms with van der Waals surface area (Å²) in [6.07, 6.45) is 0.448. The third kappa shape index (κ3) is 3.68. The molecule has 0 aliphatic carbocycles. The lowest BCUT2D eigenvalue weighted by Gasteiger charge is -2.36. The van der Waals surface area contributed by atoms with Gasteiger partial charge in [-0.3, -0.25) is 19.3 Å². The van der Waals surface area contributed by atoms with Crippen molar-refractivity contribution >= 4 is 29.1 Å². The van der Waals surface area contributed by atoms with Crippen molar-refractivity contribution in [2.75, 3.05) is 43.1 Å². The van der Waals surface area contributed by atoms with Gasteiger partial charge in [0.25, 0.3) is 5.91 Å². The molecule has 7 nitrogen and oxygen atoms in total. The molecule has 0 radical (unpaired) electrons. The van der Waals surface area contributed by atoms with Crippen molar-refractivity contribution < 1.29 is 19.1 Å². The highest BCUT2D eigenvalue weighted by atomic mass is 16.5. The molecule has 0 bridgehead atoms. The molecule has 3 amide bonds. The number of amides is 3. The van der Waals surface area contributed by atoms with Gasteiger partial charge >= 0.3 is 0 Å². The summed E-state index contributed by atoms with van der Waals surface area (Å²) in [5, 5.41) is 0. The van der Waals surface area contributed by atoms with E-state index >= 15 is 0 Å². The number of benzene rings is 2. The van der Waals surface area contributed by atoms with Crippen LogP contribution in [0.3, 0.4) is 0 Å². The van der Waals surface area contributed by atoms with Gasteiger partial charge in [-0.1, -0.05) is 18.2 Å². The topological polar surface area (TPSA) is 70.2 Å². The molecule has 2 aromatic rings. The molecule has 2 saturated heterocycles. The lowest BCUT2D eigenvalue weighted by atomic mass is 10.1. The number of ether oxygens (including phenoxy) is 1. The second-order valence-electron chi connectivity index (χ2n) is 7.12. The van der Waals surface area contributed by atoms with Gasteiger partial charge in [0.1, 0.15) is 5.75 Å². The van der Waals surface area contributed by atoms with Gasteiger partial charge in [-0.15, -0.1) is 0 Å². The first kappa shape index (κ1) is 19.0. The third-order valence-corrected chi connectivity index (χ3v) is 5.40. The van der Waals surface area contributed by atoms with E-state index in [1.165, 1.54) is 4.90 Å². The molecule has 0 aromatic heterocycles. The van der Waals surface area contributed by atoms with E-state index in [4.69, 9.17) is 4.74 Å². The largest absolute Gasteiger partial charge is 0.495 e. The Balaban J connectivity index is 1.46. The summed E-state index contributed by atoms with van der Waals surface area (Å²) in [5.41, 5.74) is 1.98. The minimum Gasteiger partial charge on any atom is -0.495 e. The summed E-state index contributed by atoms with van der Waals surface area (Å²) in [7, 11) is 1.65. The summed E-state index contributed by atoms with van der Waals surface area (Å²) in [5.74, 6) is 0.292. The van der Waals surface area contributed by atoms with Crippen LogP contribution in [-0.4, -0.2) is 55.9 Å². The van der Waals surface area contributed by atoms with Crippen molar-refractivity contribution in [3.63, 3.8) is 0 Å². The number of hydrogen-bond donors (Lipinski definition) is 0. The number of imide groups is 1. The van der Waals surface area contributed by atoms with Gasteiger partial charge in [-0.25, -0.2) is 0 Å². The molecule has 0 atom stereocenters. The van der Waals surface area contributed by atoms with Crippen molar-refractivity contribution in [2.24, 2.45) is 0 Å². The molecule has 2 heterocycles. The van der Waals surface area contributed by atoms with Gasteiger partial charge < -0.3 is 14.5 Å². The molecular formula is C22H23N3O4. The molecule has 2 aliphatic rings. The molecule has 0 spiro atoms. The van der Waals surface area contributed by atoms with Crippen LogP contribution in [0.15, 0.2) is 48.5 Å². The first-order valence-electron chi connectivity index (χ1n) is 9.71. The number of hydrogen-bond acceptors (Lipinski definition) is 5. The van der Waals surface area contributed by atoms with Gasteiger partial charge in [0.2, 0.25) is 11.8 Å². The maximum atomic E-state index is 13.0. The zero-order valence-corrected chi connectivity index (χ0v) is 16.3. The van der Waals surface area contributed by atoms with E-state index in [9.17, 15) is 14.4 Å². The Morgan fingerprint density at radius 1 is 0.897 bits per heavy atom. The highest BCUT2D eigenvalue weighted by Crippen LogP contribution is 2.29. The molecule has 0 unspecified atom stereocenters. The van der Waals surface area contributed by atoms with E-state index in [-0.39, 0.29) is 30.6 Å². The van der Waals surface area contributed by atoms with E-state index in [1.54, 1.807) is 36.3 Å². The fourth-order valence-electron chi connectivity index (χ4n) is 3.87. The van der Waals surface area contributed by atoms with E-state index < -0.39 is 0 Å². The lowest BCUT2D eigenvalue weighted by molar-refractivity contribution is -0.121. The quantitative estimate of drug-likeness (QED) is 0.746. The molecule has 29 heavy (non-hydrogen) atoms. The van der Waals surface area contributed by atoms with Gasteiger partial charge in [-0.05, 0) is 30.3 Å². The molecule has 0 saturated carbocycles. The highest BCUT2D eigenvalue weighted by molar-refractivity contribution is 6.20. The van der Waals surface area contributed by atoms with Crippen molar-refractivity contribution in [3.05, 3.63) is 54.1 Å². The number of para-hydroxylation sites is 2. The van der Waals surface area contributed by atoms with Crippen LogP contribution in [0.1, 0.15) is 23.2 Å². The number of carbonyl (C=O) groups is 3. The Kier molecular flexibility index (Phi) is 5.20. The molecule has 150 valence electrons. The second kappa shape index (κ2) is 7.95. The fraction of sp³-hybridized carbons (Fsp3) is 0.318. The molecular weight excluding hydrogens is 370 g/mol. The molecule has 7 heteroatoms. The lowest BCUT2D eigenvalue weighted by Crippen LogP contribution is -2.48. The fourth-order valence-corrected chi connectivity index (χ4v) is 3.87. The van der Waals surface area contributed by atoms with Crippen molar-refractivity contribution in [1.82, 2.24) is 4.90 Å². The van der Waals surface area contributed by atoms with Crippen molar-refractivity contribution in [2.45, 2.75) is 12.8 Å². The molecule has 4 rings (SSSR count). The molecule has 2 aromatic carbocycles. The Morgan fingerprint density at radius 2 is 1.59 bits per heavy atom. The van der Waals surface area contributed by atoms with Crippen molar-refractivity contribution in [1.29, 1.82) is 0 Å². The Labute approximate surface area is 169 Å². The predicted octanol–water partition coefficient (Wildman–Crippen LogP) is 2.31. The first-order chi connectivity index (χ1) is 14.1. The summed E-state index contributed by atoms with van der Waals surface area (Å²) < 4.78 is 5.44. The maximum Gasteiger partial charge on any atom is 0.254 e. The Hall–Kier alpha value is -3.35. The monoisotopic (exact) mass is 393 g/mol. The van der Waals surface area contributed by atoms with Crippen LogP contribution >= 0.6 is 0 Å². The Morgan fingerprint density at radius 3 is 2.28 bits per heavy atom. The smallest absolute Gasteiger partial charge is 0.254 e. The minimum absolute atomic E-state index is 0.0920. The molecule has 0 N–H and O–H groups in total. The number of carbonyl (C=O) groups excluding carboxylic acids is 3. The zero-order chi connectivity index (χ0) is 20.4.